The van der Waals surface area contributed by atoms with E-state index in [1.54, 1.807) is 11.0 Å². The molecule has 2 heterocycles. The van der Waals surface area contributed by atoms with E-state index in [9.17, 15) is 0 Å². The predicted octanol–water partition coefficient (Wildman–Crippen LogP) is 2.13. The molecule has 0 radical (unpaired) electrons. The second kappa shape index (κ2) is 2.86. The molecule has 0 aromatic carbocycles. The van der Waals surface area contributed by atoms with Crippen LogP contribution in [-0.2, 0) is 0 Å². The zero-order chi connectivity index (χ0) is 8.55. The number of halogens is 1. The van der Waals surface area contributed by atoms with Gasteiger partial charge in [-0.15, -0.1) is 0 Å². The Kier molecular flexibility index (Phi) is 1.84. The molecule has 3 nitrogen and oxygen atoms in total. The molecule has 2 rings (SSSR count). The molecule has 0 amide bonds. The van der Waals surface area contributed by atoms with E-state index in [1.165, 1.54) is 0 Å². The van der Waals surface area contributed by atoms with Crippen molar-refractivity contribution in [1.29, 1.82) is 0 Å². The number of hydrogen-bond donors (Lipinski definition) is 0. The van der Waals surface area contributed by atoms with E-state index < -0.39 is 0 Å². The SMILES string of the molecule is CC1C=Cc2ncnn2C=C1Br. The normalized spacial score (nSPS) is 21.5. The van der Waals surface area contributed by atoms with Crippen molar-refractivity contribution in [2.24, 2.45) is 5.92 Å². The maximum absolute atomic E-state index is 4.09. The summed E-state index contributed by atoms with van der Waals surface area (Å²) in [6, 6.07) is 0. The minimum Gasteiger partial charge on any atom is -0.220 e. The summed E-state index contributed by atoms with van der Waals surface area (Å²) in [5, 5.41) is 4.05. The zero-order valence-electron chi connectivity index (χ0n) is 6.61. The Morgan fingerprint density at radius 3 is 3.25 bits per heavy atom. The molecular formula is C8H8BrN3. The van der Waals surface area contributed by atoms with Crippen molar-refractivity contribution in [3.63, 3.8) is 0 Å². The van der Waals surface area contributed by atoms with Crippen LogP contribution in [0, 0.1) is 5.92 Å². The van der Waals surface area contributed by atoms with Crippen LogP contribution in [0.1, 0.15) is 12.7 Å². The summed E-state index contributed by atoms with van der Waals surface area (Å²) in [7, 11) is 0. The van der Waals surface area contributed by atoms with Gasteiger partial charge in [-0.1, -0.05) is 28.9 Å². The Labute approximate surface area is 78.9 Å². The molecule has 1 aliphatic heterocycles. The van der Waals surface area contributed by atoms with E-state index in [1.807, 2.05) is 12.3 Å². The van der Waals surface area contributed by atoms with Crippen molar-refractivity contribution in [1.82, 2.24) is 14.8 Å². The molecule has 0 bridgehead atoms. The summed E-state index contributed by atoms with van der Waals surface area (Å²) in [4.78, 5) is 4.09. The zero-order valence-corrected chi connectivity index (χ0v) is 8.19. The number of rotatable bonds is 0. The standard InChI is InChI=1S/C8H8BrN3/c1-6-2-3-8-10-5-11-12(8)4-7(6)9/h2-6H,1H3. The number of allylic oxidation sites excluding steroid dienone is 2. The number of nitrogens with zero attached hydrogens (tertiary/aromatic N) is 3. The van der Waals surface area contributed by atoms with Crippen LogP contribution in [0.2, 0.25) is 0 Å². The number of aromatic nitrogens is 3. The van der Waals surface area contributed by atoms with Gasteiger partial charge in [-0.25, -0.2) is 9.67 Å². The Balaban J connectivity index is 2.53. The fraction of sp³-hybridized carbons (Fsp3) is 0.250. The van der Waals surface area contributed by atoms with Crippen LogP contribution < -0.4 is 0 Å². The van der Waals surface area contributed by atoms with Crippen molar-refractivity contribution < 1.29 is 0 Å². The summed E-state index contributed by atoms with van der Waals surface area (Å²) in [5.41, 5.74) is 0. The molecule has 0 aliphatic carbocycles. The highest BCUT2D eigenvalue weighted by atomic mass is 79.9. The number of fused-ring (bicyclic) bond motifs is 1. The molecule has 0 saturated carbocycles. The fourth-order valence-electron chi connectivity index (χ4n) is 1.03. The van der Waals surface area contributed by atoms with E-state index in [4.69, 9.17) is 0 Å². The Morgan fingerprint density at radius 1 is 1.58 bits per heavy atom. The fourth-order valence-corrected chi connectivity index (χ4v) is 1.38. The molecule has 0 spiro atoms. The average Bonchev–Trinajstić information content (AvgIpc) is 2.43. The van der Waals surface area contributed by atoms with Crippen LogP contribution >= 0.6 is 15.9 Å². The lowest BCUT2D eigenvalue weighted by Crippen LogP contribution is -1.92. The van der Waals surface area contributed by atoms with Crippen molar-refractivity contribution in [2.45, 2.75) is 6.92 Å². The molecule has 0 N–H and O–H groups in total. The smallest absolute Gasteiger partial charge is 0.154 e. The van der Waals surface area contributed by atoms with Crippen LogP contribution in [-0.4, -0.2) is 14.8 Å². The molecule has 1 atom stereocenters. The Bertz CT molecular complexity index is 351. The van der Waals surface area contributed by atoms with Crippen LogP contribution in [0.25, 0.3) is 12.3 Å². The van der Waals surface area contributed by atoms with Crippen molar-refractivity contribution in [3.8, 4) is 0 Å². The largest absolute Gasteiger partial charge is 0.220 e. The van der Waals surface area contributed by atoms with Gasteiger partial charge in [-0.2, -0.15) is 5.10 Å². The van der Waals surface area contributed by atoms with E-state index >= 15 is 0 Å². The van der Waals surface area contributed by atoms with Gasteiger partial charge in [0.25, 0.3) is 0 Å². The van der Waals surface area contributed by atoms with Gasteiger partial charge in [-0.05, 0) is 6.08 Å². The lowest BCUT2D eigenvalue weighted by Gasteiger charge is -2.00. The Hall–Kier alpha value is -0.900. The highest BCUT2D eigenvalue weighted by Crippen LogP contribution is 2.23. The quantitative estimate of drug-likeness (QED) is 0.678. The van der Waals surface area contributed by atoms with Gasteiger partial charge in [0, 0.05) is 16.6 Å². The van der Waals surface area contributed by atoms with Gasteiger partial charge in [0.15, 0.2) is 5.82 Å². The number of hydrogen-bond acceptors (Lipinski definition) is 2. The molecule has 1 aromatic heterocycles. The van der Waals surface area contributed by atoms with Gasteiger partial charge in [0.2, 0.25) is 0 Å². The molecule has 4 heteroatoms. The molecule has 12 heavy (non-hydrogen) atoms. The highest BCUT2D eigenvalue weighted by Gasteiger charge is 2.08. The average molecular weight is 226 g/mol. The molecule has 1 aromatic rings. The van der Waals surface area contributed by atoms with Crippen LogP contribution in [0.5, 0.6) is 0 Å². The lowest BCUT2D eigenvalue weighted by atomic mass is 10.2. The minimum atomic E-state index is 0.397. The van der Waals surface area contributed by atoms with Crippen molar-refractivity contribution >= 4 is 28.2 Å². The first-order chi connectivity index (χ1) is 5.77. The topological polar surface area (TPSA) is 30.7 Å². The summed E-state index contributed by atoms with van der Waals surface area (Å²) < 4.78 is 2.87. The van der Waals surface area contributed by atoms with E-state index in [-0.39, 0.29) is 0 Å². The first-order valence-electron chi connectivity index (χ1n) is 3.72. The predicted molar refractivity (Wildman–Crippen MR) is 51.4 cm³/mol. The Morgan fingerprint density at radius 2 is 2.42 bits per heavy atom. The van der Waals surface area contributed by atoms with E-state index in [2.05, 4.69) is 39.0 Å². The van der Waals surface area contributed by atoms with E-state index in [0.717, 1.165) is 10.3 Å². The second-order valence-corrected chi connectivity index (χ2v) is 3.64. The third-order valence-electron chi connectivity index (χ3n) is 1.82. The third kappa shape index (κ3) is 1.22. The van der Waals surface area contributed by atoms with Crippen molar-refractivity contribution in [3.05, 3.63) is 22.7 Å². The second-order valence-electron chi connectivity index (χ2n) is 2.72. The molecule has 62 valence electrons. The lowest BCUT2D eigenvalue weighted by molar-refractivity contribution is 0.901. The summed E-state index contributed by atoms with van der Waals surface area (Å²) in [5.74, 6) is 1.27. The first-order valence-corrected chi connectivity index (χ1v) is 4.51. The van der Waals surface area contributed by atoms with Gasteiger partial charge in [0.05, 0.1) is 0 Å². The van der Waals surface area contributed by atoms with E-state index in [0.29, 0.717) is 5.92 Å². The molecule has 0 saturated heterocycles. The molecule has 1 aliphatic rings. The summed E-state index contributed by atoms with van der Waals surface area (Å²) >= 11 is 3.48. The minimum absolute atomic E-state index is 0.397. The van der Waals surface area contributed by atoms with Crippen molar-refractivity contribution in [2.75, 3.05) is 0 Å². The summed E-state index contributed by atoms with van der Waals surface area (Å²) in [6.07, 6.45) is 7.55. The monoisotopic (exact) mass is 225 g/mol. The maximum Gasteiger partial charge on any atom is 0.154 e. The van der Waals surface area contributed by atoms with Crippen LogP contribution in [0.4, 0.5) is 0 Å². The summed E-state index contributed by atoms with van der Waals surface area (Å²) in [6.45, 7) is 2.11. The molecule has 0 fully saturated rings. The van der Waals surface area contributed by atoms with Gasteiger partial charge >= 0.3 is 0 Å². The highest BCUT2D eigenvalue weighted by molar-refractivity contribution is 9.11. The van der Waals surface area contributed by atoms with Crippen LogP contribution in [0.15, 0.2) is 16.9 Å². The first kappa shape index (κ1) is 7.73. The molecular weight excluding hydrogens is 218 g/mol. The van der Waals surface area contributed by atoms with Gasteiger partial charge in [0.1, 0.15) is 6.33 Å². The molecule has 1 unspecified atom stereocenters. The van der Waals surface area contributed by atoms with Gasteiger partial charge in [-0.3, -0.25) is 0 Å². The van der Waals surface area contributed by atoms with Gasteiger partial charge < -0.3 is 0 Å². The van der Waals surface area contributed by atoms with Crippen LogP contribution in [0.3, 0.4) is 0 Å². The maximum atomic E-state index is 4.09. The third-order valence-corrected chi connectivity index (χ3v) is 2.74.